The SMILES string of the molecule is COc1ccc2c(c1)CCN(C(=O)CCCC(=O)O)C2C(=O)Nc1cc(F)c(C(C)(C)COCC(F)F)c(F)c1. The summed E-state index contributed by atoms with van der Waals surface area (Å²) in [7, 11) is 1.49. The number of nitrogens with zero attached hydrogens (tertiary/aromatic N) is 1. The van der Waals surface area contributed by atoms with Crippen molar-refractivity contribution in [3.8, 4) is 5.75 Å². The molecular formula is C28H32F4N2O6. The molecule has 12 heteroatoms. The van der Waals surface area contributed by atoms with Gasteiger partial charge in [-0.15, -0.1) is 0 Å². The van der Waals surface area contributed by atoms with Crippen LogP contribution < -0.4 is 10.1 Å². The van der Waals surface area contributed by atoms with Crippen molar-refractivity contribution in [1.29, 1.82) is 0 Å². The first-order chi connectivity index (χ1) is 18.8. The summed E-state index contributed by atoms with van der Waals surface area (Å²) in [6, 6.07) is 5.71. The Morgan fingerprint density at radius 1 is 1.12 bits per heavy atom. The number of hydrogen-bond acceptors (Lipinski definition) is 5. The summed E-state index contributed by atoms with van der Waals surface area (Å²) >= 11 is 0. The van der Waals surface area contributed by atoms with Crippen LogP contribution in [-0.4, -0.2) is 61.1 Å². The van der Waals surface area contributed by atoms with E-state index in [1.54, 1.807) is 18.2 Å². The van der Waals surface area contributed by atoms with Crippen molar-refractivity contribution in [2.24, 2.45) is 0 Å². The van der Waals surface area contributed by atoms with Gasteiger partial charge in [-0.25, -0.2) is 17.6 Å². The molecule has 0 radical (unpaired) electrons. The first kappa shape index (κ1) is 30.9. The second-order valence-electron chi connectivity index (χ2n) is 10.1. The average molecular weight is 569 g/mol. The van der Waals surface area contributed by atoms with Crippen LogP contribution in [0.4, 0.5) is 23.2 Å². The van der Waals surface area contributed by atoms with E-state index in [0.717, 1.165) is 17.7 Å². The maximum atomic E-state index is 15.1. The molecule has 1 aliphatic rings. The van der Waals surface area contributed by atoms with Crippen molar-refractivity contribution in [2.75, 3.05) is 32.2 Å². The number of fused-ring (bicyclic) bond motifs is 1. The molecule has 2 aromatic carbocycles. The smallest absolute Gasteiger partial charge is 0.303 e. The number of ether oxygens (including phenoxy) is 2. The molecule has 0 saturated heterocycles. The van der Waals surface area contributed by atoms with Crippen LogP contribution in [0, 0.1) is 11.6 Å². The van der Waals surface area contributed by atoms with Gasteiger partial charge >= 0.3 is 5.97 Å². The molecule has 2 amide bonds. The van der Waals surface area contributed by atoms with Crippen LogP contribution in [0.5, 0.6) is 5.75 Å². The van der Waals surface area contributed by atoms with Gasteiger partial charge in [-0.05, 0) is 48.2 Å². The van der Waals surface area contributed by atoms with Crippen molar-refractivity contribution < 1.29 is 46.5 Å². The summed E-state index contributed by atoms with van der Waals surface area (Å²) < 4.78 is 65.2. The van der Waals surface area contributed by atoms with Crippen molar-refractivity contribution in [3.63, 3.8) is 0 Å². The highest BCUT2D eigenvalue weighted by molar-refractivity contribution is 5.98. The van der Waals surface area contributed by atoms with Gasteiger partial charge in [0, 0.05) is 36.1 Å². The van der Waals surface area contributed by atoms with Crippen molar-refractivity contribution in [1.82, 2.24) is 4.90 Å². The van der Waals surface area contributed by atoms with Gasteiger partial charge < -0.3 is 24.8 Å². The van der Waals surface area contributed by atoms with Crippen molar-refractivity contribution in [3.05, 3.63) is 58.7 Å². The highest BCUT2D eigenvalue weighted by atomic mass is 19.3. The Hall–Kier alpha value is -3.67. The second-order valence-corrected chi connectivity index (χ2v) is 10.1. The van der Waals surface area contributed by atoms with Gasteiger partial charge in [0.1, 0.15) is 30.0 Å². The molecule has 8 nitrogen and oxygen atoms in total. The van der Waals surface area contributed by atoms with Gasteiger partial charge in [0.25, 0.3) is 12.3 Å². The number of aliphatic carboxylic acids is 1. The third-order valence-electron chi connectivity index (χ3n) is 6.62. The number of halogens is 4. The highest BCUT2D eigenvalue weighted by Crippen LogP contribution is 2.35. The molecule has 0 saturated carbocycles. The van der Waals surface area contributed by atoms with Crippen LogP contribution in [0.25, 0.3) is 0 Å². The monoisotopic (exact) mass is 568 g/mol. The van der Waals surface area contributed by atoms with Gasteiger partial charge in [-0.1, -0.05) is 19.9 Å². The molecule has 1 heterocycles. The molecule has 3 rings (SSSR count). The Balaban J connectivity index is 1.88. The topological polar surface area (TPSA) is 105 Å². The summed E-state index contributed by atoms with van der Waals surface area (Å²) in [6.45, 7) is 1.82. The minimum absolute atomic E-state index is 0.0865. The molecule has 40 heavy (non-hydrogen) atoms. The van der Waals surface area contributed by atoms with E-state index < -0.39 is 53.9 Å². The first-order valence-electron chi connectivity index (χ1n) is 12.7. The number of carboxylic acid groups (broad SMARTS) is 1. The van der Waals surface area contributed by atoms with Gasteiger partial charge in [-0.2, -0.15) is 0 Å². The molecule has 0 bridgehead atoms. The summed E-state index contributed by atoms with van der Waals surface area (Å²) in [6.07, 6.45) is -2.52. The van der Waals surface area contributed by atoms with Crippen LogP contribution in [0.1, 0.15) is 55.8 Å². The third kappa shape index (κ3) is 7.50. The molecule has 0 fully saturated rings. The Morgan fingerprint density at radius 3 is 2.40 bits per heavy atom. The van der Waals surface area contributed by atoms with Gasteiger partial charge in [0.2, 0.25) is 5.91 Å². The van der Waals surface area contributed by atoms with E-state index in [1.807, 2.05) is 0 Å². The number of rotatable bonds is 12. The first-order valence-corrected chi connectivity index (χ1v) is 12.7. The zero-order chi connectivity index (χ0) is 29.6. The molecule has 0 spiro atoms. The van der Waals surface area contributed by atoms with E-state index in [9.17, 15) is 23.2 Å². The zero-order valence-electron chi connectivity index (χ0n) is 22.4. The van der Waals surface area contributed by atoms with Crippen molar-refractivity contribution >= 4 is 23.5 Å². The lowest BCUT2D eigenvalue weighted by Crippen LogP contribution is -2.45. The van der Waals surface area contributed by atoms with E-state index in [-0.39, 0.29) is 43.7 Å². The minimum Gasteiger partial charge on any atom is -0.497 e. The fourth-order valence-corrected chi connectivity index (χ4v) is 4.79. The summed E-state index contributed by atoms with van der Waals surface area (Å²) in [4.78, 5) is 38.8. The predicted molar refractivity (Wildman–Crippen MR) is 137 cm³/mol. The third-order valence-corrected chi connectivity index (χ3v) is 6.62. The number of amides is 2. The Morgan fingerprint density at radius 2 is 1.80 bits per heavy atom. The number of nitrogens with one attached hydrogen (secondary N) is 1. The maximum absolute atomic E-state index is 15.1. The largest absolute Gasteiger partial charge is 0.497 e. The summed E-state index contributed by atoms with van der Waals surface area (Å²) in [5, 5.41) is 11.4. The molecular weight excluding hydrogens is 536 g/mol. The number of carboxylic acids is 1. The van der Waals surface area contributed by atoms with Gasteiger partial charge in [0.05, 0.1) is 13.7 Å². The number of methoxy groups -OCH3 is 1. The van der Waals surface area contributed by atoms with Gasteiger partial charge in [0.15, 0.2) is 0 Å². The Bertz CT molecular complexity index is 1230. The quantitative estimate of drug-likeness (QED) is 0.355. The summed E-state index contributed by atoms with van der Waals surface area (Å²) in [5.74, 6) is -3.65. The average Bonchev–Trinajstić information content (AvgIpc) is 2.86. The fraction of sp³-hybridized carbons (Fsp3) is 0.464. The zero-order valence-corrected chi connectivity index (χ0v) is 22.4. The van der Waals surface area contributed by atoms with E-state index in [1.165, 1.54) is 25.9 Å². The second kappa shape index (κ2) is 13.1. The molecule has 218 valence electrons. The predicted octanol–water partition coefficient (Wildman–Crippen LogP) is 4.85. The highest BCUT2D eigenvalue weighted by Gasteiger charge is 2.36. The standard InChI is InChI=1S/C28H32F4N2O6/c1-28(2,15-40-14-22(31)32)25-20(29)12-17(13-21(25)30)33-27(38)26-19-8-7-18(39-3)11-16(19)9-10-34(26)23(35)5-4-6-24(36)37/h7-8,11-13,22,26H,4-6,9-10,14-15H2,1-3H3,(H,33,38)(H,36,37). The van der Waals surface area contributed by atoms with E-state index in [0.29, 0.717) is 17.7 Å². The maximum Gasteiger partial charge on any atom is 0.303 e. The van der Waals surface area contributed by atoms with Crippen LogP contribution >= 0.6 is 0 Å². The van der Waals surface area contributed by atoms with Crippen LogP contribution in [0.3, 0.4) is 0 Å². The molecule has 1 unspecified atom stereocenters. The number of benzene rings is 2. The van der Waals surface area contributed by atoms with Crippen molar-refractivity contribution in [2.45, 2.75) is 57.4 Å². The Labute approximate surface area is 229 Å². The lowest BCUT2D eigenvalue weighted by molar-refractivity contribution is -0.140. The summed E-state index contributed by atoms with van der Waals surface area (Å²) in [5.41, 5.74) is -0.609. The Kier molecular flexibility index (Phi) is 10.1. The van der Waals surface area contributed by atoms with Gasteiger partial charge in [-0.3, -0.25) is 14.4 Å². The molecule has 1 atom stereocenters. The molecule has 0 aromatic heterocycles. The van der Waals surface area contributed by atoms with Crippen LogP contribution in [0.15, 0.2) is 30.3 Å². The van der Waals surface area contributed by atoms with Crippen LogP contribution in [0.2, 0.25) is 0 Å². The van der Waals surface area contributed by atoms with E-state index in [4.69, 9.17) is 14.6 Å². The number of hydrogen-bond donors (Lipinski definition) is 2. The molecule has 2 aromatic rings. The van der Waals surface area contributed by atoms with E-state index in [2.05, 4.69) is 5.32 Å². The lowest BCUT2D eigenvalue weighted by Gasteiger charge is -2.36. The molecule has 1 aliphatic heterocycles. The normalized spacial score (nSPS) is 15.1. The number of carbonyl (C=O) groups is 3. The minimum atomic E-state index is -2.72. The van der Waals surface area contributed by atoms with E-state index >= 15 is 8.78 Å². The number of anilines is 1. The molecule has 0 aliphatic carbocycles. The fourth-order valence-electron chi connectivity index (χ4n) is 4.79. The van der Waals surface area contributed by atoms with Crippen LogP contribution in [-0.2, 0) is 31.0 Å². The lowest BCUT2D eigenvalue weighted by atomic mass is 9.84. The number of alkyl halides is 2. The number of carbonyl (C=O) groups excluding carboxylic acids is 2. The molecule has 2 N–H and O–H groups in total.